The Bertz CT molecular complexity index is 1060. The fourth-order valence-electron chi connectivity index (χ4n) is 2.68. The molecule has 0 saturated heterocycles. The lowest BCUT2D eigenvalue weighted by Gasteiger charge is -2.11. The van der Waals surface area contributed by atoms with Gasteiger partial charge in [0, 0.05) is 17.3 Å². The van der Waals surface area contributed by atoms with E-state index in [4.69, 9.17) is 4.74 Å². The smallest absolute Gasteiger partial charge is 0.272 e. The summed E-state index contributed by atoms with van der Waals surface area (Å²) in [4.78, 5) is 25.4. The van der Waals surface area contributed by atoms with E-state index in [9.17, 15) is 9.59 Å². The van der Waals surface area contributed by atoms with Crippen molar-refractivity contribution in [3.05, 3.63) is 114 Å². The van der Waals surface area contributed by atoms with Gasteiger partial charge in [0.25, 0.3) is 11.8 Å². The van der Waals surface area contributed by atoms with E-state index >= 15 is 0 Å². The van der Waals surface area contributed by atoms with Gasteiger partial charge in [-0.3, -0.25) is 9.59 Å². The lowest BCUT2D eigenvalue weighted by molar-refractivity contribution is -0.113. The standard InChI is InChI=1S/C25H22N2O3/c1-30-22-16-9-15-21(18-22)26-25(29)23(17-8-12-19-10-4-2-5-11-19)27-24(28)20-13-6-3-7-14-20/h2-18H,1H3,(H,26,29)(H,27,28)/b12-8-,23-17-. The first-order valence-corrected chi connectivity index (χ1v) is 9.41. The van der Waals surface area contributed by atoms with Crippen LogP contribution in [0.5, 0.6) is 5.75 Å². The number of carbonyl (C=O) groups excluding carboxylic acids is 2. The molecule has 0 aromatic heterocycles. The van der Waals surface area contributed by atoms with E-state index < -0.39 is 5.91 Å². The number of benzene rings is 3. The summed E-state index contributed by atoms with van der Waals surface area (Å²) in [6.45, 7) is 0. The summed E-state index contributed by atoms with van der Waals surface area (Å²) >= 11 is 0. The molecule has 0 fully saturated rings. The SMILES string of the molecule is COc1cccc(NC(=O)/C(=C/C=C\c2ccccc2)NC(=O)c2ccccc2)c1. The van der Waals surface area contributed by atoms with Crippen LogP contribution in [0.25, 0.3) is 6.08 Å². The van der Waals surface area contributed by atoms with Crippen molar-refractivity contribution in [1.29, 1.82) is 0 Å². The Hall–Kier alpha value is -4.12. The largest absolute Gasteiger partial charge is 0.497 e. The predicted octanol–water partition coefficient (Wildman–Crippen LogP) is 4.66. The molecule has 0 atom stereocenters. The van der Waals surface area contributed by atoms with E-state index in [1.807, 2.05) is 42.5 Å². The molecule has 0 spiro atoms. The third kappa shape index (κ3) is 5.94. The Balaban J connectivity index is 1.81. The van der Waals surface area contributed by atoms with Crippen molar-refractivity contribution in [2.45, 2.75) is 0 Å². The van der Waals surface area contributed by atoms with Gasteiger partial charge >= 0.3 is 0 Å². The average molecular weight is 398 g/mol. The Morgan fingerprint density at radius 1 is 0.867 bits per heavy atom. The molecular formula is C25H22N2O3. The fourth-order valence-corrected chi connectivity index (χ4v) is 2.68. The number of nitrogens with one attached hydrogen (secondary N) is 2. The van der Waals surface area contributed by atoms with E-state index in [2.05, 4.69) is 10.6 Å². The number of carbonyl (C=O) groups is 2. The third-order valence-electron chi connectivity index (χ3n) is 4.21. The van der Waals surface area contributed by atoms with Crippen molar-refractivity contribution in [3.8, 4) is 5.75 Å². The van der Waals surface area contributed by atoms with Crippen LogP contribution < -0.4 is 15.4 Å². The lowest BCUT2D eigenvalue weighted by atomic mass is 10.2. The monoisotopic (exact) mass is 398 g/mol. The molecule has 2 amide bonds. The van der Waals surface area contributed by atoms with Crippen LogP contribution in [0, 0.1) is 0 Å². The van der Waals surface area contributed by atoms with E-state index in [1.54, 1.807) is 67.8 Å². The van der Waals surface area contributed by atoms with Crippen molar-refractivity contribution in [3.63, 3.8) is 0 Å². The molecule has 150 valence electrons. The van der Waals surface area contributed by atoms with E-state index in [0.29, 0.717) is 17.0 Å². The van der Waals surface area contributed by atoms with Crippen LogP contribution in [0.15, 0.2) is 103 Å². The van der Waals surface area contributed by atoms with Gasteiger partial charge in [0.2, 0.25) is 0 Å². The third-order valence-corrected chi connectivity index (χ3v) is 4.21. The van der Waals surface area contributed by atoms with Crippen LogP contribution in [0.3, 0.4) is 0 Å². The van der Waals surface area contributed by atoms with Gasteiger partial charge in [-0.15, -0.1) is 0 Å². The number of rotatable bonds is 7. The van der Waals surface area contributed by atoms with Gasteiger partial charge in [-0.25, -0.2) is 0 Å². The lowest BCUT2D eigenvalue weighted by Crippen LogP contribution is -2.30. The molecule has 0 radical (unpaired) electrons. The van der Waals surface area contributed by atoms with Crippen LogP contribution >= 0.6 is 0 Å². The van der Waals surface area contributed by atoms with Crippen molar-refractivity contribution in [2.75, 3.05) is 12.4 Å². The molecule has 0 aliphatic carbocycles. The summed E-state index contributed by atoms with van der Waals surface area (Å²) in [6, 6.07) is 25.4. The molecule has 3 rings (SSSR count). The molecule has 0 aliphatic heterocycles. The number of amides is 2. The molecule has 30 heavy (non-hydrogen) atoms. The zero-order valence-corrected chi connectivity index (χ0v) is 16.5. The number of ether oxygens (including phenoxy) is 1. The van der Waals surface area contributed by atoms with Gasteiger partial charge < -0.3 is 15.4 Å². The Morgan fingerprint density at radius 3 is 2.27 bits per heavy atom. The first-order chi connectivity index (χ1) is 14.7. The van der Waals surface area contributed by atoms with Crippen LogP contribution in [0.2, 0.25) is 0 Å². The average Bonchev–Trinajstić information content (AvgIpc) is 2.79. The molecule has 0 heterocycles. The number of allylic oxidation sites excluding steroid dienone is 2. The summed E-state index contributed by atoms with van der Waals surface area (Å²) in [5.41, 5.74) is 2.13. The maximum atomic E-state index is 12.9. The summed E-state index contributed by atoms with van der Waals surface area (Å²) in [5, 5.41) is 5.48. The van der Waals surface area contributed by atoms with Gasteiger partial charge in [0.15, 0.2) is 0 Å². The molecule has 3 aromatic carbocycles. The molecule has 0 unspecified atom stereocenters. The first kappa shape index (κ1) is 20.6. The van der Waals surface area contributed by atoms with E-state index in [1.165, 1.54) is 0 Å². The Kier molecular flexibility index (Phi) is 7.17. The summed E-state index contributed by atoms with van der Waals surface area (Å²) < 4.78 is 5.19. The number of hydrogen-bond donors (Lipinski definition) is 2. The van der Waals surface area contributed by atoms with Gasteiger partial charge in [-0.05, 0) is 35.9 Å². The maximum absolute atomic E-state index is 12.9. The molecule has 2 N–H and O–H groups in total. The Labute approximate surface area is 175 Å². The van der Waals surface area contributed by atoms with Gasteiger partial charge in [-0.2, -0.15) is 0 Å². The highest BCUT2D eigenvalue weighted by atomic mass is 16.5. The van der Waals surface area contributed by atoms with Crippen LogP contribution in [0.4, 0.5) is 5.69 Å². The predicted molar refractivity (Wildman–Crippen MR) is 119 cm³/mol. The highest BCUT2D eigenvalue weighted by molar-refractivity contribution is 6.08. The van der Waals surface area contributed by atoms with Crippen molar-refractivity contribution in [1.82, 2.24) is 5.32 Å². The van der Waals surface area contributed by atoms with Crippen LogP contribution in [-0.4, -0.2) is 18.9 Å². The molecule has 0 bridgehead atoms. The quantitative estimate of drug-likeness (QED) is 0.449. The van der Waals surface area contributed by atoms with E-state index in [0.717, 1.165) is 5.56 Å². The molecule has 0 aliphatic rings. The van der Waals surface area contributed by atoms with Gasteiger partial charge in [0.05, 0.1) is 7.11 Å². The molecule has 0 saturated carbocycles. The van der Waals surface area contributed by atoms with Gasteiger partial charge in [-0.1, -0.05) is 66.7 Å². The van der Waals surface area contributed by atoms with Crippen molar-refractivity contribution in [2.24, 2.45) is 0 Å². The fraction of sp³-hybridized carbons (Fsp3) is 0.0400. The van der Waals surface area contributed by atoms with Crippen LogP contribution in [0.1, 0.15) is 15.9 Å². The minimum atomic E-state index is -0.440. The molecule has 3 aromatic rings. The van der Waals surface area contributed by atoms with E-state index in [-0.39, 0.29) is 11.6 Å². The van der Waals surface area contributed by atoms with Crippen molar-refractivity contribution < 1.29 is 14.3 Å². The number of anilines is 1. The molecular weight excluding hydrogens is 376 g/mol. The topological polar surface area (TPSA) is 67.4 Å². The zero-order chi connectivity index (χ0) is 21.2. The minimum absolute atomic E-state index is 0.124. The normalized spacial score (nSPS) is 11.2. The van der Waals surface area contributed by atoms with Crippen LogP contribution in [-0.2, 0) is 4.79 Å². The number of hydrogen-bond acceptors (Lipinski definition) is 3. The second kappa shape index (κ2) is 10.4. The minimum Gasteiger partial charge on any atom is -0.497 e. The molecule has 5 heteroatoms. The molecule has 5 nitrogen and oxygen atoms in total. The maximum Gasteiger partial charge on any atom is 0.272 e. The first-order valence-electron chi connectivity index (χ1n) is 9.41. The highest BCUT2D eigenvalue weighted by Crippen LogP contribution is 2.17. The summed E-state index contributed by atoms with van der Waals surface area (Å²) in [5.74, 6) is -0.184. The highest BCUT2D eigenvalue weighted by Gasteiger charge is 2.14. The Morgan fingerprint density at radius 2 is 1.57 bits per heavy atom. The summed E-state index contributed by atoms with van der Waals surface area (Å²) in [7, 11) is 1.56. The second-order valence-electron chi connectivity index (χ2n) is 6.36. The summed E-state index contributed by atoms with van der Waals surface area (Å²) in [6.07, 6.45) is 5.15. The zero-order valence-electron chi connectivity index (χ0n) is 16.5. The second-order valence-corrected chi connectivity index (χ2v) is 6.36. The van der Waals surface area contributed by atoms with Crippen molar-refractivity contribution >= 4 is 23.6 Å². The van der Waals surface area contributed by atoms with Gasteiger partial charge in [0.1, 0.15) is 11.4 Å². The number of methoxy groups -OCH3 is 1.